The highest BCUT2D eigenvalue weighted by Gasteiger charge is 2.13. The zero-order valence-corrected chi connectivity index (χ0v) is 15.4. The molecule has 25 heavy (non-hydrogen) atoms. The van der Waals surface area contributed by atoms with Crippen LogP contribution in [0.15, 0.2) is 53.1 Å². The van der Waals surface area contributed by atoms with Gasteiger partial charge in [-0.3, -0.25) is 14.5 Å². The third-order valence-corrected chi connectivity index (χ3v) is 4.40. The fraction of sp³-hybridized carbons (Fsp3) is 0.167. The van der Waals surface area contributed by atoms with E-state index in [0.29, 0.717) is 22.3 Å². The molecule has 128 valence electrons. The number of hydrogen-bond acceptors (Lipinski definition) is 4. The van der Waals surface area contributed by atoms with Gasteiger partial charge < -0.3 is 10.1 Å². The van der Waals surface area contributed by atoms with Gasteiger partial charge in [-0.2, -0.15) is 5.10 Å². The molecule has 0 radical (unpaired) electrons. The molecule has 0 aliphatic heterocycles. The van der Waals surface area contributed by atoms with Gasteiger partial charge in [-0.05, 0) is 52.3 Å². The number of carbonyl (C=O) groups is 1. The van der Waals surface area contributed by atoms with Crippen LogP contribution in [0.2, 0.25) is 0 Å². The van der Waals surface area contributed by atoms with Crippen molar-refractivity contribution in [1.29, 1.82) is 0 Å². The van der Waals surface area contributed by atoms with Gasteiger partial charge in [0, 0.05) is 17.7 Å². The number of halogens is 1. The molecule has 0 aliphatic carbocycles. The molecule has 1 N–H and O–H groups in total. The average Bonchev–Trinajstić information content (AvgIpc) is 3.01. The van der Waals surface area contributed by atoms with Gasteiger partial charge in [-0.1, -0.05) is 6.07 Å². The summed E-state index contributed by atoms with van der Waals surface area (Å²) in [6, 6.07) is 12.9. The Morgan fingerprint density at radius 2 is 2.12 bits per heavy atom. The number of ether oxygens (including phenoxy) is 1. The number of nitrogens with one attached hydrogen (secondary N) is 1. The molecule has 7 heteroatoms. The van der Waals surface area contributed by atoms with Crippen molar-refractivity contribution in [2.75, 3.05) is 7.11 Å². The molecule has 0 aliphatic rings. The summed E-state index contributed by atoms with van der Waals surface area (Å²) in [7, 11) is 3.42. The zero-order chi connectivity index (χ0) is 17.8. The van der Waals surface area contributed by atoms with Crippen LogP contribution in [0.25, 0.3) is 11.4 Å². The normalized spacial score (nSPS) is 10.5. The number of aryl methyl sites for hydroxylation is 1. The molecule has 2 heterocycles. The topological polar surface area (TPSA) is 69.0 Å². The molecule has 3 aromatic rings. The van der Waals surface area contributed by atoms with Crippen molar-refractivity contribution < 1.29 is 9.53 Å². The molecule has 0 unspecified atom stereocenters. The first-order valence-electron chi connectivity index (χ1n) is 7.64. The third kappa shape index (κ3) is 3.88. The lowest BCUT2D eigenvalue weighted by Crippen LogP contribution is -2.23. The van der Waals surface area contributed by atoms with Crippen LogP contribution in [0.1, 0.15) is 16.1 Å². The van der Waals surface area contributed by atoms with Crippen molar-refractivity contribution in [3.63, 3.8) is 0 Å². The lowest BCUT2D eigenvalue weighted by atomic mass is 10.2. The second-order valence-corrected chi connectivity index (χ2v) is 6.24. The van der Waals surface area contributed by atoms with Crippen LogP contribution in [0.4, 0.5) is 0 Å². The molecule has 6 nitrogen and oxygen atoms in total. The van der Waals surface area contributed by atoms with E-state index >= 15 is 0 Å². The lowest BCUT2D eigenvalue weighted by Gasteiger charge is -2.07. The average molecular weight is 401 g/mol. The predicted octanol–water partition coefficient (Wildman–Crippen LogP) is 3.18. The summed E-state index contributed by atoms with van der Waals surface area (Å²) in [5.41, 5.74) is 3.01. The maximum absolute atomic E-state index is 12.4. The molecule has 0 spiro atoms. The van der Waals surface area contributed by atoms with Crippen molar-refractivity contribution in [1.82, 2.24) is 20.1 Å². The number of aromatic nitrogens is 3. The number of methoxy groups -OCH3 is 1. The quantitative estimate of drug-likeness (QED) is 0.713. The molecule has 1 amide bonds. The minimum Gasteiger partial charge on any atom is -0.497 e. The van der Waals surface area contributed by atoms with E-state index in [1.54, 1.807) is 36.2 Å². The van der Waals surface area contributed by atoms with Crippen LogP contribution in [-0.2, 0) is 13.6 Å². The minimum absolute atomic E-state index is 0.198. The van der Waals surface area contributed by atoms with Gasteiger partial charge in [0.25, 0.3) is 5.91 Å². The van der Waals surface area contributed by atoms with Crippen LogP contribution < -0.4 is 10.1 Å². The highest BCUT2D eigenvalue weighted by Crippen LogP contribution is 2.22. The highest BCUT2D eigenvalue weighted by molar-refractivity contribution is 9.10. The van der Waals surface area contributed by atoms with Gasteiger partial charge in [0.05, 0.1) is 36.3 Å². The fourth-order valence-corrected chi connectivity index (χ4v) is 2.87. The number of hydrogen-bond donors (Lipinski definition) is 1. The summed E-state index contributed by atoms with van der Waals surface area (Å²) in [4.78, 5) is 16.8. The van der Waals surface area contributed by atoms with Crippen LogP contribution in [0, 0.1) is 0 Å². The number of rotatable bonds is 5. The maximum atomic E-state index is 12.4. The van der Waals surface area contributed by atoms with Gasteiger partial charge in [0.1, 0.15) is 5.75 Å². The molecular formula is C18H17BrN4O2. The summed E-state index contributed by atoms with van der Waals surface area (Å²) >= 11 is 3.39. The second kappa shape index (κ2) is 7.48. The predicted molar refractivity (Wildman–Crippen MR) is 98.3 cm³/mol. The number of carbonyl (C=O) groups excluding carboxylic acids is 1. The summed E-state index contributed by atoms with van der Waals surface area (Å²) in [5.74, 6) is 0.430. The van der Waals surface area contributed by atoms with Gasteiger partial charge >= 0.3 is 0 Å². The molecule has 1 aromatic carbocycles. The Kier molecular flexibility index (Phi) is 5.14. The monoisotopic (exact) mass is 400 g/mol. The van der Waals surface area contributed by atoms with Crippen LogP contribution >= 0.6 is 15.9 Å². The van der Waals surface area contributed by atoms with E-state index in [-0.39, 0.29) is 5.91 Å². The van der Waals surface area contributed by atoms with Crippen molar-refractivity contribution in [3.8, 4) is 17.1 Å². The van der Waals surface area contributed by atoms with Crippen LogP contribution in [-0.4, -0.2) is 27.8 Å². The van der Waals surface area contributed by atoms with Crippen LogP contribution in [0.3, 0.4) is 0 Å². The SMILES string of the molecule is COc1ccc(Br)c(C(=O)NCc2cc(-c3ccccn3)n(C)n2)c1. The van der Waals surface area contributed by atoms with Gasteiger partial charge in [0.2, 0.25) is 0 Å². The Bertz CT molecular complexity index is 893. The summed E-state index contributed by atoms with van der Waals surface area (Å²) in [5, 5.41) is 7.31. The summed E-state index contributed by atoms with van der Waals surface area (Å²) < 4.78 is 7.63. The van der Waals surface area contributed by atoms with E-state index < -0.39 is 0 Å². The van der Waals surface area contributed by atoms with Crippen molar-refractivity contribution in [2.45, 2.75) is 6.54 Å². The first-order valence-corrected chi connectivity index (χ1v) is 8.44. The van der Waals surface area contributed by atoms with Gasteiger partial charge in [-0.25, -0.2) is 0 Å². The minimum atomic E-state index is -0.198. The van der Waals surface area contributed by atoms with Crippen molar-refractivity contribution >= 4 is 21.8 Å². The van der Waals surface area contributed by atoms with E-state index in [1.807, 2.05) is 31.3 Å². The highest BCUT2D eigenvalue weighted by atomic mass is 79.9. The molecule has 0 bridgehead atoms. The molecule has 0 fully saturated rings. The summed E-state index contributed by atoms with van der Waals surface area (Å²) in [6.45, 7) is 0.323. The van der Waals surface area contributed by atoms with Gasteiger partial charge in [-0.15, -0.1) is 0 Å². The lowest BCUT2D eigenvalue weighted by molar-refractivity contribution is 0.0949. The standard InChI is InChI=1S/C18H17BrN4O2/c1-23-17(16-5-3-4-8-20-16)9-12(22-23)11-21-18(24)14-10-13(25-2)6-7-15(14)19/h3-10H,11H2,1-2H3,(H,21,24). The number of benzene rings is 1. The maximum Gasteiger partial charge on any atom is 0.252 e. The second-order valence-electron chi connectivity index (χ2n) is 5.39. The third-order valence-electron chi connectivity index (χ3n) is 3.71. The number of amides is 1. The van der Waals surface area contributed by atoms with Crippen molar-refractivity contribution in [2.24, 2.45) is 7.05 Å². The molecule has 2 aromatic heterocycles. The van der Waals surface area contributed by atoms with Gasteiger partial charge in [0.15, 0.2) is 0 Å². The zero-order valence-electron chi connectivity index (χ0n) is 13.9. The molecular weight excluding hydrogens is 384 g/mol. The number of nitrogens with zero attached hydrogens (tertiary/aromatic N) is 3. The first kappa shape index (κ1) is 17.2. The first-order chi connectivity index (χ1) is 12.1. The Morgan fingerprint density at radius 1 is 1.28 bits per heavy atom. The Labute approximate surface area is 154 Å². The summed E-state index contributed by atoms with van der Waals surface area (Å²) in [6.07, 6.45) is 1.74. The van der Waals surface area contributed by atoms with E-state index in [0.717, 1.165) is 17.1 Å². The largest absolute Gasteiger partial charge is 0.497 e. The Morgan fingerprint density at radius 3 is 2.84 bits per heavy atom. The molecule has 3 rings (SSSR count). The molecule has 0 atom stereocenters. The van der Waals surface area contributed by atoms with Crippen LogP contribution in [0.5, 0.6) is 5.75 Å². The van der Waals surface area contributed by atoms with E-state index in [2.05, 4.69) is 31.3 Å². The number of pyridine rings is 1. The van der Waals surface area contributed by atoms with Crippen molar-refractivity contribution in [3.05, 3.63) is 64.4 Å². The Hall–Kier alpha value is -2.67. The Balaban J connectivity index is 1.73. The molecule has 0 saturated carbocycles. The van der Waals surface area contributed by atoms with E-state index in [1.165, 1.54) is 0 Å². The smallest absolute Gasteiger partial charge is 0.252 e. The molecule has 0 saturated heterocycles. The van der Waals surface area contributed by atoms with E-state index in [9.17, 15) is 4.79 Å². The van der Waals surface area contributed by atoms with E-state index in [4.69, 9.17) is 4.74 Å². The fourth-order valence-electron chi connectivity index (χ4n) is 2.44.